The highest BCUT2D eigenvalue weighted by Gasteiger charge is 2.14. The van der Waals surface area contributed by atoms with Gasteiger partial charge in [0, 0.05) is 22.1 Å². The summed E-state index contributed by atoms with van der Waals surface area (Å²) in [4.78, 5) is 26.9. The first-order chi connectivity index (χ1) is 13.9. The Morgan fingerprint density at radius 3 is 2.62 bits per heavy atom. The van der Waals surface area contributed by atoms with Crippen molar-refractivity contribution in [3.8, 4) is 0 Å². The quantitative estimate of drug-likeness (QED) is 0.440. The Morgan fingerprint density at radius 2 is 1.97 bits per heavy atom. The van der Waals surface area contributed by atoms with Crippen LogP contribution in [0.3, 0.4) is 0 Å². The summed E-state index contributed by atoms with van der Waals surface area (Å²) in [5.41, 5.74) is 7.67. The number of anilines is 1. The zero-order chi connectivity index (χ0) is 21.2. The van der Waals surface area contributed by atoms with Gasteiger partial charge in [0.1, 0.15) is 0 Å². The van der Waals surface area contributed by atoms with Gasteiger partial charge in [-0.1, -0.05) is 42.1 Å². The van der Waals surface area contributed by atoms with E-state index < -0.39 is 0 Å². The smallest absolute Gasteiger partial charge is 0.234 e. The number of benzene rings is 1. The van der Waals surface area contributed by atoms with Crippen molar-refractivity contribution in [3.63, 3.8) is 0 Å². The molecule has 29 heavy (non-hydrogen) atoms. The summed E-state index contributed by atoms with van der Waals surface area (Å²) in [6.07, 6.45) is 8.81. The van der Waals surface area contributed by atoms with E-state index in [-0.39, 0.29) is 11.7 Å². The molecule has 0 bridgehead atoms. The van der Waals surface area contributed by atoms with Crippen LogP contribution < -0.4 is 16.4 Å². The van der Waals surface area contributed by atoms with Crippen LogP contribution in [0.1, 0.15) is 62.7 Å². The number of nitrogen functional groups attached to an aromatic ring is 1. The highest BCUT2D eigenvalue weighted by atomic mass is 79.9. The average Bonchev–Trinajstić information content (AvgIpc) is 2.70. The Hall–Kier alpha value is -1.99. The fourth-order valence-electron chi connectivity index (χ4n) is 3.37. The Labute approximate surface area is 181 Å². The average molecular weight is 463 g/mol. The first-order valence-electron chi connectivity index (χ1n) is 10.3. The van der Waals surface area contributed by atoms with Gasteiger partial charge in [0.05, 0.1) is 23.3 Å². The van der Waals surface area contributed by atoms with Crippen LogP contribution in [0.2, 0.25) is 0 Å². The van der Waals surface area contributed by atoms with Crippen molar-refractivity contribution in [2.24, 2.45) is 0 Å². The minimum Gasteiger partial charge on any atom is -0.398 e. The minimum atomic E-state index is -0.0677. The van der Waals surface area contributed by atoms with Crippen molar-refractivity contribution in [1.82, 2.24) is 15.6 Å². The van der Waals surface area contributed by atoms with Gasteiger partial charge in [-0.3, -0.25) is 14.6 Å². The molecule has 2 aromatic rings. The van der Waals surface area contributed by atoms with Crippen molar-refractivity contribution in [2.45, 2.75) is 58.4 Å². The molecule has 0 spiro atoms. The fraction of sp³-hybridized carbons (Fsp3) is 0.500. The Bertz CT molecular complexity index is 835. The number of aromatic nitrogens is 1. The first-order valence-corrected chi connectivity index (χ1v) is 11.1. The highest BCUT2D eigenvalue weighted by molar-refractivity contribution is 9.10. The highest BCUT2D eigenvalue weighted by Crippen LogP contribution is 2.26. The van der Waals surface area contributed by atoms with E-state index in [1.807, 2.05) is 18.2 Å². The number of fused-ring (bicyclic) bond motifs is 1. The summed E-state index contributed by atoms with van der Waals surface area (Å²) in [6.45, 7) is 4.99. The van der Waals surface area contributed by atoms with Gasteiger partial charge in [-0.25, -0.2) is 0 Å². The van der Waals surface area contributed by atoms with Gasteiger partial charge in [-0.05, 0) is 50.9 Å². The molecule has 0 atom stereocenters. The molecular weight excluding hydrogens is 432 g/mol. The lowest BCUT2D eigenvalue weighted by Gasteiger charge is -2.22. The van der Waals surface area contributed by atoms with E-state index in [1.165, 1.54) is 45.2 Å². The van der Waals surface area contributed by atoms with Gasteiger partial charge in [0.15, 0.2) is 5.78 Å². The molecule has 0 aliphatic heterocycles. The molecule has 1 aliphatic rings. The van der Waals surface area contributed by atoms with Crippen molar-refractivity contribution in [1.29, 1.82) is 0 Å². The third-order valence-corrected chi connectivity index (χ3v) is 5.43. The number of ketones is 1. The van der Waals surface area contributed by atoms with Crippen LogP contribution in [-0.4, -0.2) is 35.8 Å². The topological polar surface area (TPSA) is 97.1 Å². The number of pyridine rings is 1. The number of carbonyl (C=O) groups is 2. The van der Waals surface area contributed by atoms with E-state index in [0.717, 1.165) is 28.3 Å². The maximum absolute atomic E-state index is 11.4. The molecule has 3 rings (SSSR count). The van der Waals surface area contributed by atoms with Crippen LogP contribution >= 0.6 is 15.9 Å². The second-order valence-corrected chi connectivity index (χ2v) is 8.30. The summed E-state index contributed by atoms with van der Waals surface area (Å²) >= 11 is 3.36. The van der Waals surface area contributed by atoms with E-state index in [1.54, 1.807) is 0 Å². The normalized spacial score (nSPS) is 14.2. The molecule has 1 amide bonds. The van der Waals surface area contributed by atoms with Gasteiger partial charge >= 0.3 is 0 Å². The molecule has 1 saturated carbocycles. The lowest BCUT2D eigenvalue weighted by atomic mass is 9.95. The number of Topliss-reactive ketones (excluding diaryl/α,β-unsaturated/α-hetero) is 1. The molecule has 0 unspecified atom stereocenters. The van der Waals surface area contributed by atoms with Crippen molar-refractivity contribution < 1.29 is 9.59 Å². The number of hydrogen-bond acceptors (Lipinski definition) is 5. The Kier molecular flexibility index (Phi) is 9.54. The van der Waals surface area contributed by atoms with Crippen LogP contribution in [0.15, 0.2) is 28.9 Å². The van der Waals surface area contributed by atoms with Gasteiger partial charge in [-0.15, -0.1) is 0 Å². The van der Waals surface area contributed by atoms with Crippen LogP contribution in [0.25, 0.3) is 10.9 Å². The number of nitrogens with two attached hydrogens (primary N) is 1. The second-order valence-electron chi connectivity index (χ2n) is 7.38. The molecule has 1 aliphatic carbocycles. The van der Waals surface area contributed by atoms with E-state index in [9.17, 15) is 9.59 Å². The summed E-state index contributed by atoms with van der Waals surface area (Å²) in [5, 5.41) is 6.99. The third kappa shape index (κ3) is 7.40. The number of amides is 1. The number of rotatable bonds is 6. The zero-order valence-corrected chi connectivity index (χ0v) is 18.8. The number of halogens is 1. The Balaban J connectivity index is 0.000000208. The largest absolute Gasteiger partial charge is 0.398 e. The standard InChI is InChI=1S/C11H9BrN2O.C11H22N2O/c1-6(15)9-5-14-10-3-2-7(12)4-8(10)11(9)13;1-2-8-12-9-11(14)13-10-6-4-3-5-7-10/h2-5H,1H3,(H2,13,14);10,12H,2-9H2,1H3,(H,13,14). The maximum atomic E-state index is 11.4. The molecule has 1 heterocycles. The summed E-state index contributed by atoms with van der Waals surface area (Å²) < 4.78 is 0.921. The molecule has 0 saturated heterocycles. The molecule has 7 heteroatoms. The van der Waals surface area contributed by atoms with E-state index >= 15 is 0 Å². The predicted octanol–water partition coefficient (Wildman–Crippen LogP) is 4.22. The molecule has 4 N–H and O–H groups in total. The van der Waals surface area contributed by atoms with Gasteiger partial charge in [0.25, 0.3) is 0 Å². The molecule has 1 fully saturated rings. The monoisotopic (exact) mass is 462 g/mol. The predicted molar refractivity (Wildman–Crippen MR) is 122 cm³/mol. The van der Waals surface area contributed by atoms with E-state index in [0.29, 0.717) is 23.8 Å². The maximum Gasteiger partial charge on any atom is 0.234 e. The number of carbonyl (C=O) groups excluding carboxylic acids is 2. The number of nitrogens with one attached hydrogen (secondary N) is 2. The van der Waals surface area contributed by atoms with Crippen molar-refractivity contribution in [2.75, 3.05) is 18.8 Å². The second kappa shape index (κ2) is 11.9. The van der Waals surface area contributed by atoms with Crippen LogP contribution in [0.4, 0.5) is 5.69 Å². The fourth-order valence-corrected chi connectivity index (χ4v) is 3.73. The molecular formula is C22H31BrN4O2. The number of hydrogen-bond donors (Lipinski definition) is 3. The molecule has 1 aromatic heterocycles. The summed E-state index contributed by atoms with van der Waals surface area (Å²) in [7, 11) is 0. The van der Waals surface area contributed by atoms with Gasteiger partial charge in [-0.2, -0.15) is 0 Å². The van der Waals surface area contributed by atoms with E-state index in [4.69, 9.17) is 5.73 Å². The van der Waals surface area contributed by atoms with E-state index in [2.05, 4.69) is 38.5 Å². The summed E-state index contributed by atoms with van der Waals surface area (Å²) in [5.74, 6) is 0.0900. The lowest BCUT2D eigenvalue weighted by Crippen LogP contribution is -2.41. The Morgan fingerprint density at radius 1 is 1.24 bits per heavy atom. The first kappa shape index (κ1) is 23.3. The number of nitrogens with zero attached hydrogens (tertiary/aromatic N) is 1. The lowest BCUT2D eigenvalue weighted by molar-refractivity contribution is -0.121. The van der Waals surface area contributed by atoms with Crippen LogP contribution in [-0.2, 0) is 4.79 Å². The van der Waals surface area contributed by atoms with Crippen molar-refractivity contribution >= 4 is 44.2 Å². The molecule has 0 radical (unpaired) electrons. The van der Waals surface area contributed by atoms with Crippen molar-refractivity contribution in [3.05, 3.63) is 34.4 Å². The van der Waals surface area contributed by atoms with Crippen LogP contribution in [0.5, 0.6) is 0 Å². The molecule has 6 nitrogen and oxygen atoms in total. The summed E-state index contributed by atoms with van der Waals surface area (Å²) in [6, 6.07) is 6.06. The van der Waals surface area contributed by atoms with Gasteiger partial charge < -0.3 is 16.4 Å². The molecule has 1 aromatic carbocycles. The SMILES string of the molecule is CC(=O)c1cnc2ccc(Br)cc2c1N.CCCNCC(=O)NC1CCCCC1. The molecule has 158 valence electrons. The zero-order valence-electron chi connectivity index (χ0n) is 17.3. The minimum absolute atomic E-state index is 0.0677. The van der Waals surface area contributed by atoms with Gasteiger partial charge in [0.2, 0.25) is 5.91 Å². The van der Waals surface area contributed by atoms with Crippen LogP contribution in [0, 0.1) is 0 Å². The third-order valence-electron chi connectivity index (χ3n) is 4.93.